The molecule has 0 bridgehead atoms. The Morgan fingerprint density at radius 1 is 1.02 bits per heavy atom. The molecule has 2 aliphatic heterocycles. The predicted octanol–water partition coefficient (Wildman–Crippen LogP) is 2.30. The van der Waals surface area contributed by atoms with Crippen LogP contribution in [-0.4, -0.2) is 83.1 Å². The summed E-state index contributed by atoms with van der Waals surface area (Å²) >= 11 is 6.22. The molecule has 2 heterocycles. The first-order valence-corrected chi connectivity index (χ1v) is 14.8. The van der Waals surface area contributed by atoms with Crippen LogP contribution < -0.4 is 16.0 Å². The highest BCUT2D eigenvalue weighted by molar-refractivity contribution is 6.33. The number of benzene rings is 2. The lowest BCUT2D eigenvalue weighted by Gasteiger charge is -2.31. The highest BCUT2D eigenvalue weighted by Crippen LogP contribution is 2.22. The molecule has 2 aromatic carbocycles. The second-order valence-corrected chi connectivity index (χ2v) is 11.8. The fraction of sp³-hybridized carbons (Fsp3) is 0.452. The minimum atomic E-state index is -0.974. The maximum Gasteiger partial charge on any atom is 0.255 e. The molecular formula is C31H37ClFN5O5. The van der Waals surface area contributed by atoms with Gasteiger partial charge in [0.15, 0.2) is 0 Å². The van der Waals surface area contributed by atoms with E-state index < -0.39 is 66.1 Å². The Bertz CT molecular complexity index is 1370. The van der Waals surface area contributed by atoms with E-state index >= 15 is 0 Å². The number of rotatable bonds is 4. The van der Waals surface area contributed by atoms with Crippen LogP contribution >= 0.6 is 11.6 Å². The van der Waals surface area contributed by atoms with E-state index in [4.69, 9.17) is 11.6 Å². The van der Waals surface area contributed by atoms with Crippen LogP contribution in [0.15, 0.2) is 48.5 Å². The molecule has 5 amide bonds. The molecule has 2 fully saturated rings. The van der Waals surface area contributed by atoms with Gasteiger partial charge in [-0.2, -0.15) is 0 Å². The summed E-state index contributed by atoms with van der Waals surface area (Å²) < 4.78 is 13.8. The first kappa shape index (κ1) is 31.9. The standard InChI is InChI=1S/C31H37ClFN5O5/c1-18(2)27-29(41)35-22(14-20-8-5-4-6-9-20)16-37(31(43)23-12-11-21(33)15-24(23)32)17-26(39)34-19(3)30(42)38-13-7-10-25(38)28(40)36-27/h4-6,8-9,11-12,15,18-19,22,25,27H,7,10,13-14,16-17H2,1-3H3,(H,34,39)(H,35,41)(H,36,40)/t19-,22-,25+,27-/m0/s1. The Morgan fingerprint density at radius 2 is 1.74 bits per heavy atom. The van der Waals surface area contributed by atoms with Crippen LogP contribution in [0.5, 0.6) is 0 Å². The van der Waals surface area contributed by atoms with Crippen LogP contribution in [0.1, 0.15) is 49.5 Å². The molecule has 2 aromatic rings. The van der Waals surface area contributed by atoms with Gasteiger partial charge >= 0.3 is 0 Å². The third kappa shape index (κ3) is 7.90. The third-order valence-corrected chi connectivity index (χ3v) is 8.04. The first-order chi connectivity index (χ1) is 20.4. The molecule has 0 radical (unpaired) electrons. The van der Waals surface area contributed by atoms with Crippen molar-refractivity contribution >= 4 is 41.1 Å². The van der Waals surface area contributed by atoms with Gasteiger partial charge in [0, 0.05) is 13.1 Å². The second kappa shape index (κ2) is 14.0. The summed E-state index contributed by atoms with van der Waals surface area (Å²) in [6, 6.07) is 9.30. The zero-order valence-corrected chi connectivity index (χ0v) is 25.2. The lowest BCUT2D eigenvalue weighted by Crippen LogP contribution is -2.58. The van der Waals surface area contributed by atoms with Crippen LogP contribution in [-0.2, 0) is 25.6 Å². The topological polar surface area (TPSA) is 128 Å². The molecule has 2 saturated heterocycles. The summed E-state index contributed by atoms with van der Waals surface area (Å²) in [4.78, 5) is 70.1. The minimum absolute atomic E-state index is 0.0186. The van der Waals surface area contributed by atoms with Gasteiger partial charge in [-0.3, -0.25) is 24.0 Å². The van der Waals surface area contributed by atoms with Crippen molar-refractivity contribution in [2.24, 2.45) is 5.92 Å². The molecular weight excluding hydrogens is 577 g/mol. The Morgan fingerprint density at radius 3 is 2.42 bits per heavy atom. The van der Waals surface area contributed by atoms with Gasteiger partial charge in [0.05, 0.1) is 23.2 Å². The summed E-state index contributed by atoms with van der Waals surface area (Å²) in [7, 11) is 0. The number of hydrogen-bond donors (Lipinski definition) is 3. The molecule has 0 saturated carbocycles. The summed E-state index contributed by atoms with van der Waals surface area (Å²) in [6.07, 6.45) is 1.34. The summed E-state index contributed by atoms with van der Waals surface area (Å²) in [5, 5.41) is 8.35. The number of hydrogen-bond acceptors (Lipinski definition) is 5. The number of halogens is 2. The van der Waals surface area contributed by atoms with Crippen molar-refractivity contribution in [1.29, 1.82) is 0 Å². The van der Waals surface area contributed by atoms with Crippen molar-refractivity contribution in [3.8, 4) is 0 Å². The Labute approximate surface area is 255 Å². The molecule has 0 spiro atoms. The Balaban J connectivity index is 1.74. The number of amides is 5. The van der Waals surface area contributed by atoms with Gasteiger partial charge in [0.25, 0.3) is 5.91 Å². The van der Waals surface area contributed by atoms with Crippen molar-refractivity contribution < 1.29 is 28.4 Å². The molecule has 0 aliphatic carbocycles. The van der Waals surface area contributed by atoms with Crippen molar-refractivity contribution in [1.82, 2.24) is 25.8 Å². The van der Waals surface area contributed by atoms with E-state index in [9.17, 15) is 28.4 Å². The zero-order chi connectivity index (χ0) is 31.3. The maximum absolute atomic E-state index is 13.8. The molecule has 4 rings (SSSR count). The molecule has 0 unspecified atom stereocenters. The molecule has 0 aromatic heterocycles. The lowest BCUT2D eigenvalue weighted by atomic mass is 10.00. The molecule has 3 N–H and O–H groups in total. The van der Waals surface area contributed by atoms with Gasteiger partial charge in [-0.15, -0.1) is 0 Å². The van der Waals surface area contributed by atoms with Gasteiger partial charge in [-0.1, -0.05) is 55.8 Å². The Kier molecular flexibility index (Phi) is 10.4. The summed E-state index contributed by atoms with van der Waals surface area (Å²) in [5.74, 6) is -3.51. The molecule has 4 atom stereocenters. The van der Waals surface area contributed by atoms with Gasteiger partial charge in [0.1, 0.15) is 23.9 Å². The number of nitrogens with zero attached hydrogens (tertiary/aromatic N) is 2. The summed E-state index contributed by atoms with van der Waals surface area (Å²) in [5.41, 5.74) is 0.850. The van der Waals surface area contributed by atoms with Gasteiger partial charge in [0.2, 0.25) is 23.6 Å². The molecule has 43 heavy (non-hydrogen) atoms. The lowest BCUT2D eigenvalue weighted by molar-refractivity contribution is -0.142. The van der Waals surface area contributed by atoms with Crippen LogP contribution in [0.2, 0.25) is 5.02 Å². The smallest absolute Gasteiger partial charge is 0.255 e. The van der Waals surface area contributed by atoms with Crippen LogP contribution in [0.25, 0.3) is 0 Å². The molecule has 12 heteroatoms. The van der Waals surface area contributed by atoms with Gasteiger partial charge in [-0.25, -0.2) is 4.39 Å². The van der Waals surface area contributed by atoms with E-state index in [1.54, 1.807) is 13.8 Å². The quantitative estimate of drug-likeness (QED) is 0.488. The molecule has 10 nitrogen and oxygen atoms in total. The highest BCUT2D eigenvalue weighted by Gasteiger charge is 2.39. The number of nitrogens with one attached hydrogen (secondary N) is 3. The zero-order valence-electron chi connectivity index (χ0n) is 24.4. The normalized spacial score (nSPS) is 24.0. The van der Waals surface area contributed by atoms with E-state index in [1.807, 2.05) is 30.3 Å². The average Bonchev–Trinajstić information content (AvgIpc) is 3.44. The second-order valence-electron chi connectivity index (χ2n) is 11.4. The average molecular weight is 614 g/mol. The fourth-order valence-corrected chi connectivity index (χ4v) is 5.78. The van der Waals surface area contributed by atoms with E-state index in [2.05, 4.69) is 16.0 Å². The minimum Gasteiger partial charge on any atom is -0.349 e. The van der Waals surface area contributed by atoms with E-state index in [1.165, 1.54) is 22.8 Å². The van der Waals surface area contributed by atoms with E-state index in [0.29, 0.717) is 25.8 Å². The van der Waals surface area contributed by atoms with E-state index in [0.717, 1.165) is 17.7 Å². The van der Waals surface area contributed by atoms with Crippen molar-refractivity contribution in [3.05, 3.63) is 70.5 Å². The third-order valence-electron chi connectivity index (χ3n) is 7.73. The van der Waals surface area contributed by atoms with Crippen LogP contribution in [0.4, 0.5) is 4.39 Å². The largest absolute Gasteiger partial charge is 0.349 e. The molecule has 230 valence electrons. The van der Waals surface area contributed by atoms with Crippen molar-refractivity contribution in [2.45, 2.75) is 64.2 Å². The van der Waals surface area contributed by atoms with Crippen LogP contribution in [0, 0.1) is 11.7 Å². The maximum atomic E-state index is 13.8. The van der Waals surface area contributed by atoms with Crippen LogP contribution in [0.3, 0.4) is 0 Å². The fourth-order valence-electron chi connectivity index (χ4n) is 5.53. The number of carbonyl (C=O) groups excluding carboxylic acids is 5. The van der Waals surface area contributed by atoms with E-state index in [-0.39, 0.29) is 23.0 Å². The van der Waals surface area contributed by atoms with Crippen molar-refractivity contribution in [3.63, 3.8) is 0 Å². The Hall–Kier alpha value is -3.99. The SMILES string of the molecule is CC(C)[C@@H]1NC(=O)[C@H]2CCCN2C(=O)[C@H](C)NC(=O)CN(C(=O)c2ccc(F)cc2Cl)C[C@H](Cc2ccccc2)NC1=O. The van der Waals surface area contributed by atoms with Gasteiger partial charge < -0.3 is 25.8 Å². The van der Waals surface area contributed by atoms with Gasteiger partial charge in [-0.05, 0) is 55.9 Å². The monoisotopic (exact) mass is 613 g/mol. The number of fused-ring (bicyclic) bond motifs is 1. The van der Waals surface area contributed by atoms with Crippen molar-refractivity contribution in [2.75, 3.05) is 19.6 Å². The predicted molar refractivity (Wildman–Crippen MR) is 158 cm³/mol. The summed E-state index contributed by atoms with van der Waals surface area (Å²) in [6.45, 7) is 4.90. The first-order valence-electron chi connectivity index (χ1n) is 14.4. The number of carbonyl (C=O) groups is 5. The highest BCUT2D eigenvalue weighted by atomic mass is 35.5. The molecule has 2 aliphatic rings.